The minimum atomic E-state index is -0.920. The Morgan fingerprint density at radius 2 is 0.938 bits per heavy atom. The lowest BCUT2D eigenvalue weighted by molar-refractivity contribution is 0.0342. The minimum Gasteiger partial charge on any atom is -0.478 e. The highest BCUT2D eigenvalue weighted by atomic mass is 16.5. The van der Waals surface area contributed by atoms with E-state index in [1.165, 1.54) is 0 Å². The van der Waals surface area contributed by atoms with Gasteiger partial charge in [-0.1, -0.05) is 24.3 Å². The molecule has 1 fully saturated rings. The summed E-state index contributed by atoms with van der Waals surface area (Å²) < 4.78 is 11.7. The maximum Gasteiger partial charge on any atom is 0.335 e. The van der Waals surface area contributed by atoms with E-state index in [0.717, 1.165) is 37.3 Å². The monoisotopic (exact) mass is 442 g/mol. The van der Waals surface area contributed by atoms with Crippen LogP contribution in [0.2, 0.25) is 0 Å². The van der Waals surface area contributed by atoms with Gasteiger partial charge in [0.2, 0.25) is 0 Å². The van der Waals surface area contributed by atoms with Crippen molar-refractivity contribution in [2.45, 2.75) is 13.1 Å². The molecule has 0 bridgehead atoms. The highest BCUT2D eigenvalue weighted by molar-refractivity contribution is 5.87. The Bertz CT molecular complexity index is 784. The fraction of sp³-hybridized carbons (Fsp3) is 0.417. The van der Waals surface area contributed by atoms with Crippen LogP contribution in [0.25, 0.3) is 0 Å². The maximum absolute atomic E-state index is 11.0. The normalized spacial score (nSPS) is 17.2. The third kappa shape index (κ3) is 7.72. The van der Waals surface area contributed by atoms with Crippen molar-refractivity contribution < 1.29 is 29.3 Å². The second-order valence-corrected chi connectivity index (χ2v) is 7.78. The molecule has 2 aromatic carbocycles. The summed E-state index contributed by atoms with van der Waals surface area (Å²) in [5.41, 5.74) is 2.69. The van der Waals surface area contributed by atoms with Crippen molar-refractivity contribution in [1.82, 2.24) is 9.80 Å². The van der Waals surface area contributed by atoms with Crippen LogP contribution in [0.3, 0.4) is 0 Å². The van der Waals surface area contributed by atoms with Crippen molar-refractivity contribution in [3.8, 4) is 0 Å². The number of carboxylic acid groups (broad SMARTS) is 2. The second kappa shape index (κ2) is 12.3. The number of aromatic carboxylic acids is 2. The molecule has 1 heterocycles. The van der Waals surface area contributed by atoms with Gasteiger partial charge in [-0.25, -0.2) is 9.59 Å². The summed E-state index contributed by atoms with van der Waals surface area (Å²) in [5, 5.41) is 18.1. The van der Waals surface area contributed by atoms with Crippen LogP contribution in [0, 0.1) is 0 Å². The molecule has 8 heteroatoms. The van der Waals surface area contributed by atoms with Gasteiger partial charge in [0.05, 0.1) is 37.6 Å². The number of carboxylic acids is 2. The molecule has 1 saturated heterocycles. The predicted octanol–water partition coefficient (Wildman–Crippen LogP) is 2.43. The standard InChI is InChI=1S/C24H30N2O6/c27-23(28)21-5-1-19(2-6-21)17-25-9-13-31-15-11-26(12-16-32-14-10-25)18-20-3-7-22(8-4-20)24(29)30/h1-8H,9-18H2,(H,27,28)(H,29,30). The summed E-state index contributed by atoms with van der Waals surface area (Å²) in [4.78, 5) is 26.5. The number of ether oxygens (including phenoxy) is 2. The van der Waals surface area contributed by atoms with Crippen LogP contribution in [-0.4, -0.2) is 84.6 Å². The molecule has 2 N–H and O–H groups in total. The van der Waals surface area contributed by atoms with Gasteiger partial charge in [-0.2, -0.15) is 0 Å². The zero-order valence-electron chi connectivity index (χ0n) is 18.1. The first-order chi connectivity index (χ1) is 15.5. The molecule has 0 atom stereocenters. The molecular formula is C24H30N2O6. The molecule has 0 saturated carbocycles. The predicted molar refractivity (Wildman–Crippen MR) is 119 cm³/mol. The number of carbonyl (C=O) groups is 2. The molecule has 2 aromatic rings. The molecule has 0 amide bonds. The average molecular weight is 443 g/mol. The van der Waals surface area contributed by atoms with E-state index in [4.69, 9.17) is 19.7 Å². The SMILES string of the molecule is O=C(O)c1ccc(CN2CCOCCN(Cc3ccc(C(=O)O)cc3)CCOCC2)cc1. The average Bonchev–Trinajstić information content (AvgIpc) is 2.77. The second-order valence-electron chi connectivity index (χ2n) is 7.78. The van der Waals surface area contributed by atoms with Crippen molar-refractivity contribution in [3.63, 3.8) is 0 Å². The molecule has 8 nitrogen and oxygen atoms in total. The van der Waals surface area contributed by atoms with Crippen LogP contribution in [0.1, 0.15) is 31.8 Å². The van der Waals surface area contributed by atoms with Crippen molar-refractivity contribution in [3.05, 3.63) is 70.8 Å². The molecule has 0 radical (unpaired) electrons. The number of rotatable bonds is 6. The van der Waals surface area contributed by atoms with E-state index in [9.17, 15) is 9.59 Å². The zero-order valence-corrected chi connectivity index (χ0v) is 18.1. The Labute approximate surface area is 188 Å². The number of benzene rings is 2. The Hall–Kier alpha value is -2.78. The Balaban J connectivity index is 1.48. The third-order valence-corrected chi connectivity index (χ3v) is 5.42. The van der Waals surface area contributed by atoms with Crippen LogP contribution in [-0.2, 0) is 22.6 Å². The molecule has 1 aliphatic rings. The summed E-state index contributed by atoms with van der Waals surface area (Å²) in [7, 11) is 0. The quantitative estimate of drug-likeness (QED) is 0.704. The fourth-order valence-electron chi connectivity index (χ4n) is 3.54. The van der Waals surface area contributed by atoms with E-state index in [2.05, 4.69) is 9.80 Å². The summed E-state index contributed by atoms with van der Waals surface area (Å²) in [5.74, 6) is -1.84. The van der Waals surface area contributed by atoms with Crippen molar-refractivity contribution in [1.29, 1.82) is 0 Å². The van der Waals surface area contributed by atoms with Crippen molar-refractivity contribution in [2.24, 2.45) is 0 Å². The van der Waals surface area contributed by atoms with Gasteiger partial charge in [0.25, 0.3) is 0 Å². The molecule has 1 aliphatic heterocycles. The van der Waals surface area contributed by atoms with E-state index < -0.39 is 11.9 Å². The highest BCUT2D eigenvalue weighted by Gasteiger charge is 2.12. The first kappa shape index (κ1) is 23.9. The van der Waals surface area contributed by atoms with E-state index in [1.54, 1.807) is 24.3 Å². The van der Waals surface area contributed by atoms with Gasteiger partial charge in [0.15, 0.2) is 0 Å². The summed E-state index contributed by atoms with van der Waals surface area (Å²) in [6, 6.07) is 13.9. The maximum atomic E-state index is 11.0. The van der Waals surface area contributed by atoms with Gasteiger partial charge in [0.1, 0.15) is 0 Å². The lowest BCUT2D eigenvalue weighted by Crippen LogP contribution is -2.35. The van der Waals surface area contributed by atoms with Gasteiger partial charge in [-0.3, -0.25) is 9.80 Å². The van der Waals surface area contributed by atoms with Gasteiger partial charge in [-0.15, -0.1) is 0 Å². The van der Waals surface area contributed by atoms with Gasteiger partial charge < -0.3 is 19.7 Å². The number of hydrogen-bond acceptors (Lipinski definition) is 6. The first-order valence-electron chi connectivity index (χ1n) is 10.8. The molecule has 32 heavy (non-hydrogen) atoms. The van der Waals surface area contributed by atoms with Crippen LogP contribution in [0.4, 0.5) is 0 Å². The summed E-state index contributed by atoms with van der Waals surface area (Å²) in [6.07, 6.45) is 0. The van der Waals surface area contributed by atoms with Gasteiger partial charge in [0, 0.05) is 39.3 Å². The van der Waals surface area contributed by atoms with Crippen LogP contribution in [0.15, 0.2) is 48.5 Å². The molecule has 0 unspecified atom stereocenters. The largest absolute Gasteiger partial charge is 0.478 e. The molecule has 3 rings (SSSR count). The fourth-order valence-corrected chi connectivity index (χ4v) is 3.54. The minimum absolute atomic E-state index is 0.288. The lowest BCUT2D eigenvalue weighted by atomic mass is 10.1. The van der Waals surface area contributed by atoms with Gasteiger partial charge >= 0.3 is 11.9 Å². The summed E-state index contributed by atoms with van der Waals surface area (Å²) >= 11 is 0. The molecule has 172 valence electrons. The Morgan fingerprint density at radius 1 is 0.625 bits per heavy atom. The lowest BCUT2D eigenvalue weighted by Gasteiger charge is -2.26. The van der Waals surface area contributed by atoms with E-state index in [-0.39, 0.29) is 11.1 Å². The highest BCUT2D eigenvalue weighted by Crippen LogP contribution is 2.10. The zero-order chi connectivity index (χ0) is 22.8. The third-order valence-electron chi connectivity index (χ3n) is 5.42. The summed E-state index contributed by atoms with van der Waals surface area (Å²) in [6.45, 7) is 6.91. The van der Waals surface area contributed by atoms with Crippen molar-refractivity contribution in [2.75, 3.05) is 52.6 Å². The van der Waals surface area contributed by atoms with Crippen molar-refractivity contribution >= 4 is 11.9 Å². The Morgan fingerprint density at radius 3 is 1.22 bits per heavy atom. The molecule has 0 aromatic heterocycles. The van der Waals surface area contributed by atoms with Crippen LogP contribution in [0.5, 0.6) is 0 Å². The first-order valence-corrected chi connectivity index (χ1v) is 10.8. The van der Waals surface area contributed by atoms with Crippen LogP contribution < -0.4 is 0 Å². The Kier molecular flexibility index (Phi) is 9.18. The van der Waals surface area contributed by atoms with E-state index in [1.807, 2.05) is 24.3 Å². The number of hydrogen-bond donors (Lipinski definition) is 2. The molecular weight excluding hydrogens is 412 g/mol. The van der Waals surface area contributed by atoms with Gasteiger partial charge in [-0.05, 0) is 35.4 Å². The molecule has 0 spiro atoms. The molecule has 0 aliphatic carbocycles. The van der Waals surface area contributed by atoms with Crippen LogP contribution >= 0.6 is 0 Å². The number of nitrogens with zero attached hydrogens (tertiary/aromatic N) is 2. The van der Waals surface area contributed by atoms with E-state index >= 15 is 0 Å². The topological polar surface area (TPSA) is 99.5 Å². The smallest absolute Gasteiger partial charge is 0.335 e. The van der Waals surface area contributed by atoms with E-state index in [0.29, 0.717) is 39.5 Å².